The maximum atomic E-state index is 11.8. The van der Waals surface area contributed by atoms with Gasteiger partial charge in [0.25, 0.3) is 0 Å². The van der Waals surface area contributed by atoms with Gasteiger partial charge in [-0.3, -0.25) is 0 Å². The highest BCUT2D eigenvalue weighted by Gasteiger charge is 2.26. The van der Waals surface area contributed by atoms with Crippen molar-refractivity contribution in [1.82, 2.24) is 4.72 Å². The minimum atomic E-state index is -3.19. The summed E-state index contributed by atoms with van der Waals surface area (Å²) in [6.45, 7) is 1.94. The number of sulfonamides is 1. The fraction of sp³-hybridized carbons (Fsp3) is 0.900. The van der Waals surface area contributed by atoms with Gasteiger partial charge in [-0.15, -0.1) is 0 Å². The molecule has 4 nitrogen and oxygen atoms in total. The molecule has 0 aromatic carbocycles. The zero-order valence-corrected chi connectivity index (χ0v) is 9.89. The molecule has 0 aromatic heterocycles. The molecule has 1 N–H and O–H groups in total. The molecule has 1 atom stereocenters. The van der Waals surface area contributed by atoms with Gasteiger partial charge in [0, 0.05) is 6.54 Å². The van der Waals surface area contributed by atoms with Crippen molar-refractivity contribution in [2.24, 2.45) is 5.92 Å². The fourth-order valence-electron chi connectivity index (χ4n) is 1.78. The summed E-state index contributed by atoms with van der Waals surface area (Å²) in [5.74, 6) is -0.261. The van der Waals surface area contributed by atoms with Crippen molar-refractivity contribution in [3.8, 4) is 6.07 Å². The Balaban J connectivity index is 2.47. The molecule has 0 aliphatic heterocycles. The van der Waals surface area contributed by atoms with Crippen LogP contribution in [0.25, 0.3) is 0 Å². The minimum Gasteiger partial charge on any atom is -0.214 e. The topological polar surface area (TPSA) is 70.0 Å². The zero-order valence-electron chi connectivity index (χ0n) is 9.07. The van der Waals surface area contributed by atoms with E-state index in [1.807, 2.05) is 6.07 Å². The molecule has 0 radical (unpaired) electrons. The molecule has 1 unspecified atom stereocenters. The second-order valence-corrected chi connectivity index (χ2v) is 6.23. The third-order valence-corrected chi connectivity index (χ3v) is 4.72. The Labute approximate surface area is 91.7 Å². The Hall–Kier alpha value is -0.600. The van der Waals surface area contributed by atoms with E-state index in [0.717, 1.165) is 32.1 Å². The predicted molar refractivity (Wildman–Crippen MR) is 58.6 cm³/mol. The van der Waals surface area contributed by atoms with Crippen LogP contribution in [0.3, 0.4) is 0 Å². The van der Waals surface area contributed by atoms with Gasteiger partial charge in [0.15, 0.2) is 0 Å². The van der Waals surface area contributed by atoms with Crippen molar-refractivity contribution in [1.29, 1.82) is 5.26 Å². The number of hydrogen-bond acceptors (Lipinski definition) is 3. The summed E-state index contributed by atoms with van der Waals surface area (Å²) in [5.41, 5.74) is 0. The summed E-state index contributed by atoms with van der Waals surface area (Å²) in [6.07, 6.45) is 4.66. The van der Waals surface area contributed by atoms with Crippen molar-refractivity contribution in [2.75, 3.05) is 6.54 Å². The van der Waals surface area contributed by atoms with Crippen molar-refractivity contribution < 1.29 is 8.42 Å². The Morgan fingerprint density at radius 3 is 2.53 bits per heavy atom. The van der Waals surface area contributed by atoms with E-state index in [-0.39, 0.29) is 17.7 Å². The third kappa shape index (κ3) is 3.80. The van der Waals surface area contributed by atoms with Gasteiger partial charge < -0.3 is 0 Å². The first kappa shape index (κ1) is 12.5. The van der Waals surface area contributed by atoms with Crippen molar-refractivity contribution >= 4 is 10.0 Å². The van der Waals surface area contributed by atoms with Crippen LogP contribution in [0.4, 0.5) is 0 Å². The minimum absolute atomic E-state index is 0.231. The molecular formula is C10H18N2O2S. The lowest BCUT2D eigenvalue weighted by molar-refractivity contribution is 0.475. The van der Waals surface area contributed by atoms with Crippen LogP contribution >= 0.6 is 0 Å². The van der Waals surface area contributed by atoms with E-state index >= 15 is 0 Å². The summed E-state index contributed by atoms with van der Waals surface area (Å²) in [6, 6.07) is 2.01. The zero-order chi connectivity index (χ0) is 11.3. The van der Waals surface area contributed by atoms with Gasteiger partial charge in [-0.1, -0.05) is 19.3 Å². The average Bonchev–Trinajstić information content (AvgIpc) is 2.27. The second kappa shape index (κ2) is 5.47. The third-order valence-electron chi connectivity index (χ3n) is 2.80. The van der Waals surface area contributed by atoms with E-state index in [1.165, 1.54) is 0 Å². The fourth-order valence-corrected chi connectivity index (χ4v) is 3.45. The summed E-state index contributed by atoms with van der Waals surface area (Å²) >= 11 is 0. The summed E-state index contributed by atoms with van der Waals surface area (Å²) in [5, 5.41) is 8.32. The number of nitriles is 1. The van der Waals surface area contributed by atoms with Crippen molar-refractivity contribution in [3.05, 3.63) is 0 Å². The number of nitrogens with one attached hydrogen (secondary N) is 1. The van der Waals surface area contributed by atoms with Gasteiger partial charge in [0.1, 0.15) is 0 Å². The molecule has 0 heterocycles. The molecule has 1 aliphatic carbocycles. The SMILES string of the molecule is CC(C#N)CNS(=O)(=O)C1CCCCC1. The molecule has 0 spiro atoms. The molecule has 1 rings (SSSR count). The second-order valence-electron chi connectivity index (χ2n) is 4.18. The van der Waals surface area contributed by atoms with Crippen LogP contribution in [0.1, 0.15) is 39.0 Å². The average molecular weight is 230 g/mol. The summed E-state index contributed by atoms with van der Waals surface area (Å²) < 4.78 is 26.1. The van der Waals surface area contributed by atoms with E-state index < -0.39 is 10.0 Å². The molecule has 5 heteroatoms. The van der Waals surface area contributed by atoms with Crippen LogP contribution in [0, 0.1) is 17.2 Å². The van der Waals surface area contributed by atoms with Gasteiger partial charge in [-0.2, -0.15) is 5.26 Å². The van der Waals surface area contributed by atoms with E-state index in [9.17, 15) is 8.42 Å². The van der Waals surface area contributed by atoms with Crippen molar-refractivity contribution in [2.45, 2.75) is 44.3 Å². The number of rotatable bonds is 4. The summed E-state index contributed by atoms with van der Waals surface area (Å²) in [7, 11) is -3.19. The molecule has 0 aromatic rings. The highest BCUT2D eigenvalue weighted by molar-refractivity contribution is 7.90. The van der Waals surface area contributed by atoms with Crippen LogP contribution in [-0.2, 0) is 10.0 Å². The standard InChI is InChI=1S/C10H18N2O2S/c1-9(7-11)8-12-15(13,14)10-5-3-2-4-6-10/h9-10,12H,2-6,8H2,1H3. The Morgan fingerprint density at radius 1 is 1.40 bits per heavy atom. The Bertz CT molecular complexity index is 326. The molecule has 0 bridgehead atoms. The van der Waals surface area contributed by atoms with Gasteiger partial charge in [-0.25, -0.2) is 13.1 Å². The number of nitrogens with zero attached hydrogens (tertiary/aromatic N) is 1. The summed E-state index contributed by atoms with van der Waals surface area (Å²) in [4.78, 5) is 0. The van der Waals surface area contributed by atoms with Gasteiger partial charge in [-0.05, 0) is 19.8 Å². The normalized spacial score (nSPS) is 20.8. The number of hydrogen-bond donors (Lipinski definition) is 1. The van der Waals surface area contributed by atoms with Crippen LogP contribution in [0.5, 0.6) is 0 Å². The van der Waals surface area contributed by atoms with Crippen molar-refractivity contribution in [3.63, 3.8) is 0 Å². The molecule has 1 aliphatic rings. The molecule has 15 heavy (non-hydrogen) atoms. The van der Waals surface area contributed by atoms with E-state index in [0.29, 0.717) is 0 Å². The van der Waals surface area contributed by atoms with Gasteiger partial charge >= 0.3 is 0 Å². The molecule has 86 valence electrons. The highest BCUT2D eigenvalue weighted by atomic mass is 32.2. The van der Waals surface area contributed by atoms with E-state index in [2.05, 4.69) is 4.72 Å². The lowest BCUT2D eigenvalue weighted by Crippen LogP contribution is -2.37. The lowest BCUT2D eigenvalue weighted by Gasteiger charge is -2.22. The molecule has 1 saturated carbocycles. The first-order chi connectivity index (χ1) is 7.06. The van der Waals surface area contributed by atoms with Crippen LogP contribution in [0.2, 0.25) is 0 Å². The Kier molecular flexibility index (Phi) is 4.55. The van der Waals surface area contributed by atoms with Gasteiger partial charge in [0.2, 0.25) is 10.0 Å². The maximum absolute atomic E-state index is 11.8. The largest absolute Gasteiger partial charge is 0.214 e. The van der Waals surface area contributed by atoms with Gasteiger partial charge in [0.05, 0.1) is 17.2 Å². The first-order valence-electron chi connectivity index (χ1n) is 5.44. The molecular weight excluding hydrogens is 212 g/mol. The molecule has 0 saturated heterocycles. The van der Waals surface area contributed by atoms with Crippen LogP contribution in [-0.4, -0.2) is 20.2 Å². The molecule has 0 amide bonds. The predicted octanol–water partition coefficient (Wildman–Crippen LogP) is 1.40. The Morgan fingerprint density at radius 2 is 2.00 bits per heavy atom. The lowest BCUT2D eigenvalue weighted by atomic mass is 10.0. The van der Waals surface area contributed by atoms with E-state index in [4.69, 9.17) is 5.26 Å². The van der Waals surface area contributed by atoms with E-state index in [1.54, 1.807) is 6.92 Å². The van der Waals surface area contributed by atoms with Crippen LogP contribution in [0.15, 0.2) is 0 Å². The maximum Gasteiger partial charge on any atom is 0.214 e. The molecule has 1 fully saturated rings. The highest BCUT2D eigenvalue weighted by Crippen LogP contribution is 2.22. The monoisotopic (exact) mass is 230 g/mol. The quantitative estimate of drug-likeness (QED) is 0.793. The van der Waals surface area contributed by atoms with Crippen LogP contribution < -0.4 is 4.72 Å². The first-order valence-corrected chi connectivity index (χ1v) is 6.99. The smallest absolute Gasteiger partial charge is 0.214 e.